The highest BCUT2D eigenvalue weighted by Crippen LogP contribution is 2.68. The molecule has 0 aromatic heterocycles. The Labute approximate surface area is 151 Å². The second kappa shape index (κ2) is 5.77. The van der Waals surface area contributed by atoms with Crippen LogP contribution in [0.1, 0.15) is 71.6 Å². The fraction of sp³-hybridized carbons (Fsp3) is 0.952. The molecule has 0 heterocycles. The first-order valence-electron chi connectivity index (χ1n) is 10.3. The molecule has 4 nitrogen and oxygen atoms in total. The number of aliphatic hydroxyl groups excluding tert-OH is 2. The minimum atomic E-state index is -1.34. The molecule has 4 aliphatic carbocycles. The molecule has 4 saturated carbocycles. The standard InChI is InChI=1S/C21H34O4/c1-19-8-5-14(23)11-13(19)3-4-15-16(19)6-9-20(2)17(15)7-10-21(20,25)18(24)12-22/h13-17,22-23,25H,3-12H2,1-2H3/t13-,14+,15-,16+,17+,19-,20-,21+/m0/s1. The van der Waals surface area contributed by atoms with Crippen LogP contribution in [0.4, 0.5) is 0 Å². The van der Waals surface area contributed by atoms with Crippen molar-refractivity contribution >= 4 is 5.78 Å². The van der Waals surface area contributed by atoms with Crippen LogP contribution in [0.25, 0.3) is 0 Å². The number of carbonyl (C=O) groups excluding carboxylic acids is 1. The molecule has 0 spiro atoms. The third-order valence-electron chi connectivity index (χ3n) is 9.39. The summed E-state index contributed by atoms with van der Waals surface area (Å²) in [4.78, 5) is 12.4. The number of aliphatic hydroxyl groups is 3. The van der Waals surface area contributed by atoms with E-state index in [1.165, 1.54) is 12.8 Å². The Morgan fingerprint density at radius 1 is 1.00 bits per heavy atom. The number of fused-ring (bicyclic) bond motifs is 5. The zero-order valence-corrected chi connectivity index (χ0v) is 15.7. The number of carbonyl (C=O) groups is 1. The lowest BCUT2D eigenvalue weighted by Gasteiger charge is -2.61. The van der Waals surface area contributed by atoms with E-state index in [0.29, 0.717) is 35.5 Å². The summed E-state index contributed by atoms with van der Waals surface area (Å²) in [6, 6.07) is 0. The molecule has 4 fully saturated rings. The summed E-state index contributed by atoms with van der Waals surface area (Å²) in [5, 5.41) is 30.7. The molecule has 0 saturated heterocycles. The van der Waals surface area contributed by atoms with Crippen molar-refractivity contribution in [2.24, 2.45) is 34.5 Å². The molecular formula is C21H34O4. The molecule has 0 radical (unpaired) electrons. The van der Waals surface area contributed by atoms with Crippen molar-refractivity contribution in [2.75, 3.05) is 6.61 Å². The topological polar surface area (TPSA) is 77.8 Å². The second-order valence-electron chi connectivity index (χ2n) is 10.0. The Bertz CT molecular complexity index is 562. The van der Waals surface area contributed by atoms with E-state index in [2.05, 4.69) is 13.8 Å². The van der Waals surface area contributed by atoms with E-state index in [1.54, 1.807) is 0 Å². The van der Waals surface area contributed by atoms with Gasteiger partial charge in [-0.05, 0) is 86.9 Å². The Morgan fingerprint density at radius 3 is 2.44 bits per heavy atom. The first-order valence-corrected chi connectivity index (χ1v) is 10.3. The Hall–Kier alpha value is -0.450. The van der Waals surface area contributed by atoms with Crippen molar-refractivity contribution in [3.05, 3.63) is 0 Å². The minimum absolute atomic E-state index is 0.123. The van der Waals surface area contributed by atoms with Crippen LogP contribution in [0, 0.1) is 34.5 Å². The minimum Gasteiger partial charge on any atom is -0.393 e. The molecule has 4 rings (SSSR count). The Morgan fingerprint density at radius 2 is 1.72 bits per heavy atom. The van der Waals surface area contributed by atoms with E-state index < -0.39 is 12.2 Å². The van der Waals surface area contributed by atoms with E-state index in [1.807, 2.05) is 0 Å². The molecule has 0 bridgehead atoms. The molecule has 0 aromatic carbocycles. The number of hydrogen-bond acceptors (Lipinski definition) is 4. The van der Waals surface area contributed by atoms with Crippen molar-refractivity contribution in [1.29, 1.82) is 0 Å². The number of hydrogen-bond donors (Lipinski definition) is 3. The highest BCUT2D eigenvalue weighted by molar-refractivity contribution is 5.89. The molecule has 0 amide bonds. The number of ketones is 1. The van der Waals surface area contributed by atoms with Gasteiger partial charge in [-0.3, -0.25) is 4.79 Å². The Balaban J connectivity index is 1.63. The quantitative estimate of drug-likeness (QED) is 0.715. The van der Waals surface area contributed by atoms with Crippen molar-refractivity contribution in [3.63, 3.8) is 0 Å². The summed E-state index contributed by atoms with van der Waals surface area (Å²) in [5.74, 6) is 1.87. The summed E-state index contributed by atoms with van der Waals surface area (Å²) in [6.07, 6.45) is 8.58. The van der Waals surface area contributed by atoms with E-state index in [4.69, 9.17) is 0 Å². The van der Waals surface area contributed by atoms with Gasteiger partial charge in [-0.1, -0.05) is 13.8 Å². The molecule has 142 valence electrons. The van der Waals surface area contributed by atoms with Crippen molar-refractivity contribution in [3.8, 4) is 0 Å². The van der Waals surface area contributed by atoms with Gasteiger partial charge in [-0.2, -0.15) is 0 Å². The van der Waals surface area contributed by atoms with E-state index in [-0.39, 0.29) is 17.3 Å². The summed E-state index contributed by atoms with van der Waals surface area (Å²) < 4.78 is 0. The fourth-order valence-electron chi connectivity index (χ4n) is 7.84. The highest BCUT2D eigenvalue weighted by Gasteiger charge is 2.66. The van der Waals surface area contributed by atoms with E-state index >= 15 is 0 Å². The number of Topliss-reactive ketones (excluding diaryl/α,β-unsaturated/α-hetero) is 1. The first-order chi connectivity index (χ1) is 11.8. The molecule has 4 aliphatic rings. The largest absolute Gasteiger partial charge is 0.393 e. The zero-order valence-electron chi connectivity index (χ0n) is 15.7. The second-order valence-corrected chi connectivity index (χ2v) is 10.0. The van der Waals surface area contributed by atoms with Gasteiger partial charge in [-0.15, -0.1) is 0 Å². The molecule has 8 atom stereocenters. The van der Waals surface area contributed by atoms with Crippen LogP contribution < -0.4 is 0 Å². The molecular weight excluding hydrogens is 316 g/mol. The van der Waals surface area contributed by atoms with Crippen LogP contribution in [-0.2, 0) is 4.79 Å². The van der Waals surface area contributed by atoms with Crippen LogP contribution in [0.5, 0.6) is 0 Å². The van der Waals surface area contributed by atoms with Crippen LogP contribution >= 0.6 is 0 Å². The summed E-state index contributed by atoms with van der Waals surface area (Å²) in [5.41, 5.74) is -1.41. The van der Waals surface area contributed by atoms with Crippen molar-refractivity contribution < 1.29 is 20.1 Å². The first kappa shape index (κ1) is 17.9. The summed E-state index contributed by atoms with van der Waals surface area (Å²) in [6.45, 7) is 4.00. The van der Waals surface area contributed by atoms with Gasteiger partial charge in [0.2, 0.25) is 0 Å². The van der Waals surface area contributed by atoms with Crippen LogP contribution in [0.3, 0.4) is 0 Å². The maximum Gasteiger partial charge on any atom is 0.190 e. The van der Waals surface area contributed by atoms with E-state index in [9.17, 15) is 20.1 Å². The van der Waals surface area contributed by atoms with Gasteiger partial charge in [0.05, 0.1) is 6.10 Å². The molecule has 0 aromatic rings. The lowest BCUT2D eigenvalue weighted by molar-refractivity contribution is -0.174. The average Bonchev–Trinajstić information content (AvgIpc) is 2.87. The predicted octanol–water partition coefficient (Wildman–Crippen LogP) is 2.68. The van der Waals surface area contributed by atoms with Gasteiger partial charge in [0, 0.05) is 5.41 Å². The maximum absolute atomic E-state index is 12.4. The normalized spacial score (nSPS) is 55.2. The van der Waals surface area contributed by atoms with Crippen molar-refractivity contribution in [1.82, 2.24) is 0 Å². The van der Waals surface area contributed by atoms with Gasteiger partial charge in [-0.25, -0.2) is 0 Å². The van der Waals surface area contributed by atoms with E-state index in [0.717, 1.165) is 38.5 Å². The van der Waals surface area contributed by atoms with Crippen LogP contribution in [0.15, 0.2) is 0 Å². The lowest BCUT2D eigenvalue weighted by atomic mass is 9.44. The van der Waals surface area contributed by atoms with Crippen molar-refractivity contribution in [2.45, 2.75) is 83.3 Å². The molecule has 25 heavy (non-hydrogen) atoms. The SMILES string of the molecule is C[C@]12CC[C@@H](O)C[C@@H]1CC[C@H]1[C@H]2CC[C@@]2(C)[C@@H]1CC[C@@]2(O)C(=O)CO. The fourth-order valence-corrected chi connectivity index (χ4v) is 7.84. The summed E-state index contributed by atoms with van der Waals surface area (Å²) >= 11 is 0. The molecule has 0 aliphatic heterocycles. The lowest BCUT2D eigenvalue weighted by Crippen LogP contribution is -2.59. The van der Waals surface area contributed by atoms with Gasteiger partial charge in [0.25, 0.3) is 0 Å². The van der Waals surface area contributed by atoms with Crippen LogP contribution in [-0.4, -0.2) is 39.4 Å². The average molecular weight is 350 g/mol. The smallest absolute Gasteiger partial charge is 0.190 e. The maximum atomic E-state index is 12.4. The van der Waals surface area contributed by atoms with Crippen LogP contribution in [0.2, 0.25) is 0 Å². The third kappa shape index (κ3) is 2.26. The predicted molar refractivity (Wildman–Crippen MR) is 94.8 cm³/mol. The highest BCUT2D eigenvalue weighted by atomic mass is 16.3. The monoisotopic (exact) mass is 350 g/mol. The van der Waals surface area contributed by atoms with Gasteiger partial charge < -0.3 is 15.3 Å². The molecule has 3 N–H and O–H groups in total. The Kier molecular flexibility index (Phi) is 4.14. The summed E-state index contributed by atoms with van der Waals surface area (Å²) in [7, 11) is 0. The van der Waals surface area contributed by atoms with Gasteiger partial charge in [0.15, 0.2) is 5.78 Å². The third-order valence-corrected chi connectivity index (χ3v) is 9.39. The molecule has 4 heteroatoms. The zero-order chi connectivity index (χ0) is 18.0. The van der Waals surface area contributed by atoms with Gasteiger partial charge in [0.1, 0.15) is 12.2 Å². The molecule has 0 unspecified atom stereocenters. The number of rotatable bonds is 2. The van der Waals surface area contributed by atoms with Gasteiger partial charge >= 0.3 is 0 Å².